The Morgan fingerprint density at radius 3 is 2.47 bits per heavy atom. The minimum Gasteiger partial charge on any atom is -0.493 e. The van der Waals surface area contributed by atoms with Gasteiger partial charge >= 0.3 is 0 Å². The number of unbranched alkanes of at least 4 members (excludes halogenated alkanes) is 2. The number of methoxy groups -OCH3 is 1. The second-order valence-corrected chi connectivity index (χ2v) is 10.7. The second kappa shape index (κ2) is 12.8. The fraction of sp³-hybridized carbons (Fsp3) is 0.333. The van der Waals surface area contributed by atoms with Gasteiger partial charge in [0.05, 0.1) is 23.5 Å². The van der Waals surface area contributed by atoms with Crippen LogP contribution in [0.4, 0.5) is 0 Å². The lowest BCUT2D eigenvalue weighted by atomic mass is 10.2. The quantitative estimate of drug-likeness (QED) is 0.200. The maximum Gasteiger partial charge on any atom is 0.284 e. The van der Waals surface area contributed by atoms with Crippen LogP contribution in [-0.4, -0.2) is 44.7 Å². The summed E-state index contributed by atoms with van der Waals surface area (Å²) in [5.74, 6) is 0.861. The van der Waals surface area contributed by atoms with Gasteiger partial charge in [-0.2, -0.15) is 8.42 Å². The van der Waals surface area contributed by atoms with Crippen LogP contribution in [0.3, 0.4) is 0 Å². The molecule has 1 aliphatic rings. The maximum atomic E-state index is 13.1. The number of rotatable bonds is 12. The van der Waals surface area contributed by atoms with E-state index in [9.17, 15) is 13.2 Å². The zero-order chi connectivity index (χ0) is 26.1. The van der Waals surface area contributed by atoms with Crippen LogP contribution in [0.5, 0.6) is 11.5 Å². The highest BCUT2D eigenvalue weighted by Gasteiger charge is 2.34. The molecular formula is C27H32N2O5S2. The molecule has 0 aliphatic carbocycles. The number of nitrogens with zero attached hydrogens (tertiary/aromatic N) is 2. The average Bonchev–Trinajstić information content (AvgIpc) is 3.15. The van der Waals surface area contributed by atoms with Crippen LogP contribution in [0, 0.1) is 0 Å². The number of amidine groups is 1. The van der Waals surface area contributed by atoms with Crippen molar-refractivity contribution in [2.24, 2.45) is 4.40 Å². The fourth-order valence-corrected chi connectivity index (χ4v) is 5.69. The molecule has 9 heteroatoms. The number of amides is 1. The number of aryl methyl sites for hydroxylation is 1. The SMILES string of the molecule is C=CCN1C(=O)C(=Cc2ccc(OC)c(OCCCCC)c2)SC1=NS(=O)(=O)c1ccc(CC)cc1. The van der Waals surface area contributed by atoms with Gasteiger partial charge in [-0.3, -0.25) is 9.69 Å². The molecule has 2 aromatic rings. The van der Waals surface area contributed by atoms with Crippen molar-refractivity contribution >= 4 is 38.9 Å². The number of thioether (sulfide) groups is 1. The van der Waals surface area contributed by atoms with E-state index in [-0.39, 0.29) is 22.5 Å². The molecule has 0 spiro atoms. The topological polar surface area (TPSA) is 85.3 Å². The number of carbonyl (C=O) groups is 1. The van der Waals surface area contributed by atoms with Gasteiger partial charge in [-0.05, 0) is 66.1 Å². The number of benzene rings is 2. The van der Waals surface area contributed by atoms with Crippen molar-refractivity contribution in [2.45, 2.75) is 44.4 Å². The maximum absolute atomic E-state index is 13.1. The zero-order valence-electron chi connectivity index (χ0n) is 20.9. The highest BCUT2D eigenvalue weighted by atomic mass is 32.2. The van der Waals surface area contributed by atoms with Crippen LogP contribution in [0.1, 0.15) is 44.2 Å². The van der Waals surface area contributed by atoms with E-state index in [4.69, 9.17) is 9.47 Å². The minimum atomic E-state index is -4.00. The molecule has 1 saturated heterocycles. The van der Waals surface area contributed by atoms with Gasteiger partial charge in [0.25, 0.3) is 15.9 Å². The molecule has 0 saturated carbocycles. The third kappa shape index (κ3) is 6.79. The molecule has 192 valence electrons. The Morgan fingerprint density at radius 2 is 1.83 bits per heavy atom. The molecular weight excluding hydrogens is 496 g/mol. The van der Waals surface area contributed by atoms with Crippen LogP contribution < -0.4 is 9.47 Å². The molecule has 1 amide bonds. The van der Waals surface area contributed by atoms with Gasteiger partial charge in [0.15, 0.2) is 16.7 Å². The first-order chi connectivity index (χ1) is 17.3. The summed E-state index contributed by atoms with van der Waals surface area (Å²) in [6.45, 7) is 8.52. The average molecular weight is 529 g/mol. The van der Waals surface area contributed by atoms with E-state index < -0.39 is 10.0 Å². The lowest BCUT2D eigenvalue weighted by Crippen LogP contribution is -2.29. The van der Waals surface area contributed by atoms with Crippen LogP contribution in [0.2, 0.25) is 0 Å². The summed E-state index contributed by atoms with van der Waals surface area (Å²) in [4.78, 5) is 14.9. The van der Waals surface area contributed by atoms with Gasteiger partial charge in [0.2, 0.25) is 0 Å². The van der Waals surface area contributed by atoms with Gasteiger partial charge in [-0.25, -0.2) is 0 Å². The first-order valence-corrected chi connectivity index (χ1v) is 14.2. The molecule has 1 heterocycles. The summed E-state index contributed by atoms with van der Waals surface area (Å²) in [6, 6.07) is 12.0. The van der Waals surface area contributed by atoms with Gasteiger partial charge in [-0.15, -0.1) is 11.0 Å². The van der Waals surface area contributed by atoms with E-state index in [1.54, 1.807) is 31.4 Å². The van der Waals surface area contributed by atoms with E-state index in [0.29, 0.717) is 23.0 Å². The number of hydrogen-bond acceptors (Lipinski definition) is 6. The van der Waals surface area contributed by atoms with Crippen molar-refractivity contribution in [1.29, 1.82) is 0 Å². The van der Waals surface area contributed by atoms with Crippen molar-refractivity contribution < 1.29 is 22.7 Å². The fourth-order valence-electron chi connectivity index (χ4n) is 3.50. The second-order valence-electron chi connectivity index (χ2n) is 8.13. The summed E-state index contributed by atoms with van der Waals surface area (Å²) in [5.41, 5.74) is 1.76. The summed E-state index contributed by atoms with van der Waals surface area (Å²) in [5, 5.41) is 0.0928. The van der Waals surface area contributed by atoms with Gasteiger partial charge in [-0.1, -0.05) is 51.0 Å². The van der Waals surface area contributed by atoms with Gasteiger partial charge in [0.1, 0.15) is 0 Å². The van der Waals surface area contributed by atoms with Crippen molar-refractivity contribution in [3.63, 3.8) is 0 Å². The normalized spacial score (nSPS) is 16.1. The molecule has 0 radical (unpaired) electrons. The van der Waals surface area contributed by atoms with Crippen LogP contribution >= 0.6 is 11.8 Å². The van der Waals surface area contributed by atoms with Crippen molar-refractivity contribution in [1.82, 2.24) is 4.90 Å². The van der Waals surface area contributed by atoms with Crippen molar-refractivity contribution in [3.05, 3.63) is 71.2 Å². The van der Waals surface area contributed by atoms with Gasteiger partial charge < -0.3 is 9.47 Å². The molecule has 7 nitrogen and oxygen atoms in total. The highest BCUT2D eigenvalue weighted by molar-refractivity contribution is 8.19. The molecule has 3 rings (SSSR count). The molecule has 0 atom stereocenters. The molecule has 1 aliphatic heterocycles. The number of sulfonamides is 1. The van der Waals surface area contributed by atoms with E-state index >= 15 is 0 Å². The smallest absolute Gasteiger partial charge is 0.284 e. The molecule has 0 N–H and O–H groups in total. The standard InChI is InChI=1S/C27H32N2O5S2/c1-5-8-9-17-34-24-18-21(12-15-23(24)33-4)19-25-26(30)29(16-6-2)27(35-25)28-36(31,32)22-13-10-20(7-3)11-14-22/h6,10-15,18-19H,2,5,7-9,16-17H2,1,3-4H3. The predicted octanol–water partition coefficient (Wildman–Crippen LogP) is 5.67. The number of carbonyl (C=O) groups excluding carboxylic acids is 1. The van der Waals surface area contributed by atoms with Gasteiger partial charge in [0, 0.05) is 6.54 Å². The molecule has 0 aromatic heterocycles. The zero-order valence-corrected chi connectivity index (χ0v) is 22.5. The third-order valence-electron chi connectivity index (χ3n) is 5.52. The Kier molecular flexibility index (Phi) is 9.78. The predicted molar refractivity (Wildman–Crippen MR) is 146 cm³/mol. The Hall–Kier alpha value is -3.04. The van der Waals surface area contributed by atoms with E-state index in [1.165, 1.54) is 23.1 Å². The molecule has 0 unspecified atom stereocenters. The first kappa shape index (κ1) is 27.5. The number of ether oxygens (including phenoxy) is 2. The lowest BCUT2D eigenvalue weighted by Gasteiger charge is -2.12. The number of hydrogen-bond donors (Lipinski definition) is 0. The Morgan fingerprint density at radius 1 is 1.08 bits per heavy atom. The van der Waals surface area contributed by atoms with Crippen molar-refractivity contribution in [3.8, 4) is 11.5 Å². The third-order valence-corrected chi connectivity index (χ3v) is 7.92. The van der Waals surface area contributed by atoms with Crippen molar-refractivity contribution in [2.75, 3.05) is 20.3 Å². The lowest BCUT2D eigenvalue weighted by molar-refractivity contribution is -0.121. The van der Waals surface area contributed by atoms with E-state index in [0.717, 1.165) is 48.6 Å². The summed E-state index contributed by atoms with van der Waals surface area (Å²) in [7, 11) is -2.42. The Balaban J connectivity index is 1.90. The van der Waals surface area contributed by atoms with Crippen LogP contribution in [0.25, 0.3) is 6.08 Å². The Bertz CT molecular complexity index is 1250. The molecule has 2 aromatic carbocycles. The molecule has 0 bridgehead atoms. The van der Waals surface area contributed by atoms with E-state index in [2.05, 4.69) is 17.9 Å². The van der Waals surface area contributed by atoms with Crippen LogP contribution in [0.15, 0.2) is 69.3 Å². The minimum absolute atomic E-state index is 0.0799. The highest BCUT2D eigenvalue weighted by Crippen LogP contribution is 2.35. The largest absolute Gasteiger partial charge is 0.493 e. The molecule has 36 heavy (non-hydrogen) atoms. The molecule has 1 fully saturated rings. The summed E-state index contributed by atoms with van der Waals surface area (Å²) >= 11 is 1.02. The monoisotopic (exact) mass is 528 g/mol. The Labute approximate surface area is 218 Å². The van der Waals surface area contributed by atoms with Crippen LogP contribution in [-0.2, 0) is 21.2 Å². The summed E-state index contributed by atoms with van der Waals surface area (Å²) < 4.78 is 41.2. The van der Waals surface area contributed by atoms with E-state index in [1.807, 2.05) is 19.1 Å². The first-order valence-electron chi connectivity index (χ1n) is 11.9. The summed E-state index contributed by atoms with van der Waals surface area (Å²) in [6.07, 6.45) is 7.14.